The molecule has 0 aromatic carbocycles. The van der Waals surface area contributed by atoms with Crippen LogP contribution < -0.4 is 4.72 Å². The van der Waals surface area contributed by atoms with Gasteiger partial charge in [-0.05, 0) is 26.2 Å². The molecule has 2 aliphatic rings. The molecule has 9 heteroatoms. The highest BCUT2D eigenvalue weighted by Gasteiger charge is 2.57. The van der Waals surface area contributed by atoms with Crippen LogP contribution in [0.4, 0.5) is 0 Å². The first-order valence-electron chi connectivity index (χ1n) is 7.55. The third-order valence-corrected chi connectivity index (χ3v) is 6.23. The highest BCUT2D eigenvalue weighted by Crippen LogP contribution is 2.51. The predicted octanol–water partition coefficient (Wildman–Crippen LogP) is 0.0676. The number of nitrogens with one attached hydrogen (secondary N) is 1. The van der Waals surface area contributed by atoms with Crippen LogP contribution in [0.3, 0.4) is 0 Å². The van der Waals surface area contributed by atoms with Crippen LogP contribution in [0.25, 0.3) is 0 Å². The minimum atomic E-state index is -3.68. The zero-order valence-corrected chi connectivity index (χ0v) is 13.7. The maximum absolute atomic E-state index is 12.5. The van der Waals surface area contributed by atoms with Crippen molar-refractivity contribution in [1.29, 1.82) is 0 Å². The number of hydrogen-bond donors (Lipinski definition) is 1. The van der Waals surface area contributed by atoms with E-state index in [0.29, 0.717) is 26.2 Å². The van der Waals surface area contributed by atoms with Gasteiger partial charge in [0.15, 0.2) is 0 Å². The van der Waals surface area contributed by atoms with E-state index in [9.17, 15) is 8.42 Å². The largest absolute Gasteiger partial charge is 0.381 e. The molecule has 124 valence electrons. The Kier molecular flexibility index (Phi) is 4.23. The van der Waals surface area contributed by atoms with E-state index < -0.39 is 10.0 Å². The molecular formula is C13H22N4O4S. The van der Waals surface area contributed by atoms with E-state index in [1.807, 2.05) is 6.92 Å². The van der Waals surface area contributed by atoms with Crippen LogP contribution in [0, 0.1) is 5.41 Å². The van der Waals surface area contributed by atoms with Gasteiger partial charge in [-0.2, -0.15) is 0 Å². The van der Waals surface area contributed by atoms with Crippen LogP contribution in [0.15, 0.2) is 11.5 Å². The normalized spacial score (nSPS) is 27.7. The molecule has 0 amide bonds. The summed E-state index contributed by atoms with van der Waals surface area (Å²) in [6, 6.07) is -0.144. The number of aryl methyl sites for hydroxylation is 1. The first-order valence-corrected chi connectivity index (χ1v) is 9.03. The van der Waals surface area contributed by atoms with E-state index in [1.54, 1.807) is 7.05 Å². The van der Waals surface area contributed by atoms with E-state index in [0.717, 1.165) is 12.8 Å². The molecule has 1 saturated carbocycles. The van der Waals surface area contributed by atoms with Crippen molar-refractivity contribution >= 4 is 10.0 Å². The molecule has 1 saturated heterocycles. The van der Waals surface area contributed by atoms with Gasteiger partial charge < -0.3 is 14.0 Å². The van der Waals surface area contributed by atoms with Gasteiger partial charge in [0.2, 0.25) is 0 Å². The van der Waals surface area contributed by atoms with Gasteiger partial charge in [0, 0.05) is 38.3 Å². The minimum absolute atomic E-state index is 0.0606. The smallest absolute Gasteiger partial charge is 0.276 e. The molecule has 2 heterocycles. The summed E-state index contributed by atoms with van der Waals surface area (Å²) in [6.45, 7) is 3.89. The van der Waals surface area contributed by atoms with Crippen LogP contribution in [0.1, 0.15) is 26.2 Å². The lowest BCUT2D eigenvalue weighted by atomic mass is 9.58. The Balaban J connectivity index is 1.79. The molecule has 8 nitrogen and oxygen atoms in total. The fourth-order valence-corrected chi connectivity index (χ4v) is 4.92. The van der Waals surface area contributed by atoms with Gasteiger partial charge in [-0.15, -0.1) is 10.2 Å². The Labute approximate surface area is 130 Å². The Hall–Kier alpha value is -1.03. The number of rotatable bonds is 5. The molecule has 1 aliphatic carbocycles. The van der Waals surface area contributed by atoms with Crippen molar-refractivity contribution in [3.05, 3.63) is 6.33 Å². The van der Waals surface area contributed by atoms with E-state index in [1.165, 1.54) is 10.9 Å². The van der Waals surface area contributed by atoms with Crippen molar-refractivity contribution in [2.75, 3.05) is 19.8 Å². The molecule has 1 aliphatic heterocycles. The monoisotopic (exact) mass is 330 g/mol. The predicted molar refractivity (Wildman–Crippen MR) is 77.6 cm³/mol. The van der Waals surface area contributed by atoms with E-state index in [-0.39, 0.29) is 22.7 Å². The van der Waals surface area contributed by atoms with Gasteiger partial charge in [0.05, 0.1) is 6.10 Å². The second kappa shape index (κ2) is 5.88. The second-order valence-electron chi connectivity index (χ2n) is 5.92. The molecule has 3 rings (SSSR count). The van der Waals surface area contributed by atoms with Crippen molar-refractivity contribution in [3.8, 4) is 0 Å². The first kappa shape index (κ1) is 15.9. The molecule has 2 fully saturated rings. The molecule has 0 unspecified atom stereocenters. The third-order valence-electron chi connectivity index (χ3n) is 4.78. The summed E-state index contributed by atoms with van der Waals surface area (Å²) in [6.07, 6.45) is 3.77. The maximum Gasteiger partial charge on any atom is 0.276 e. The second-order valence-corrected chi connectivity index (χ2v) is 7.53. The molecule has 0 bridgehead atoms. The van der Waals surface area contributed by atoms with Crippen LogP contribution >= 0.6 is 0 Å². The Morgan fingerprint density at radius 2 is 2.23 bits per heavy atom. The van der Waals surface area contributed by atoms with Gasteiger partial charge in [-0.3, -0.25) is 0 Å². The van der Waals surface area contributed by atoms with Crippen molar-refractivity contribution in [3.63, 3.8) is 0 Å². The molecule has 22 heavy (non-hydrogen) atoms. The average molecular weight is 330 g/mol. The lowest BCUT2D eigenvalue weighted by Crippen LogP contribution is -2.66. The number of sulfonamides is 1. The summed E-state index contributed by atoms with van der Waals surface area (Å²) in [5.74, 6) is 0. The summed E-state index contributed by atoms with van der Waals surface area (Å²) in [4.78, 5) is 0. The minimum Gasteiger partial charge on any atom is -0.381 e. The molecule has 1 aromatic heterocycles. The quantitative estimate of drug-likeness (QED) is 0.821. The summed E-state index contributed by atoms with van der Waals surface area (Å²) in [7, 11) is -2.06. The Morgan fingerprint density at radius 1 is 1.50 bits per heavy atom. The average Bonchev–Trinajstić information content (AvgIpc) is 2.94. The van der Waals surface area contributed by atoms with Gasteiger partial charge >= 0.3 is 0 Å². The lowest BCUT2D eigenvalue weighted by Gasteiger charge is -2.57. The maximum atomic E-state index is 12.5. The molecule has 1 N–H and O–H groups in total. The number of ether oxygens (including phenoxy) is 2. The number of nitrogens with zero attached hydrogens (tertiary/aromatic N) is 3. The fraction of sp³-hybridized carbons (Fsp3) is 0.846. The zero-order valence-electron chi connectivity index (χ0n) is 12.9. The molecule has 0 radical (unpaired) electrons. The van der Waals surface area contributed by atoms with Gasteiger partial charge in [-0.1, -0.05) is 0 Å². The Bertz CT molecular complexity index is 624. The van der Waals surface area contributed by atoms with E-state index >= 15 is 0 Å². The summed E-state index contributed by atoms with van der Waals surface area (Å²) in [5, 5.41) is 7.27. The SMILES string of the molecule is CCO[C@@H]1C[C@@H](NS(=O)(=O)c2nncn2C)C12CCOCC2. The lowest BCUT2D eigenvalue weighted by molar-refractivity contribution is -0.168. The van der Waals surface area contributed by atoms with Crippen LogP contribution in [-0.4, -0.2) is 55.1 Å². The molecule has 2 atom stereocenters. The van der Waals surface area contributed by atoms with Gasteiger partial charge in [-0.25, -0.2) is 13.1 Å². The topological polar surface area (TPSA) is 95.3 Å². The first-order chi connectivity index (χ1) is 10.5. The summed E-state index contributed by atoms with van der Waals surface area (Å²) < 4.78 is 40.4. The number of hydrogen-bond acceptors (Lipinski definition) is 6. The van der Waals surface area contributed by atoms with Gasteiger partial charge in [0.1, 0.15) is 6.33 Å². The molecule has 1 spiro atoms. The summed E-state index contributed by atoms with van der Waals surface area (Å²) >= 11 is 0. The molecule has 1 aromatic rings. The fourth-order valence-electron chi connectivity index (χ4n) is 3.53. The van der Waals surface area contributed by atoms with Crippen molar-refractivity contribution in [2.45, 2.75) is 43.5 Å². The van der Waals surface area contributed by atoms with E-state index in [4.69, 9.17) is 9.47 Å². The molecular weight excluding hydrogens is 308 g/mol. The number of aromatic nitrogens is 3. The third kappa shape index (κ3) is 2.55. The van der Waals surface area contributed by atoms with Crippen LogP contribution in [0.5, 0.6) is 0 Å². The van der Waals surface area contributed by atoms with Crippen molar-refractivity contribution in [2.24, 2.45) is 12.5 Å². The van der Waals surface area contributed by atoms with Crippen molar-refractivity contribution in [1.82, 2.24) is 19.5 Å². The standard InChI is InChI=1S/C13H22N4O4S/c1-3-21-11-8-10(13(11)4-6-20-7-5-13)16-22(18,19)12-15-14-9-17(12)2/h9-11,16H,3-8H2,1-2H3/t10-,11-/m1/s1. The van der Waals surface area contributed by atoms with E-state index in [2.05, 4.69) is 14.9 Å². The summed E-state index contributed by atoms with van der Waals surface area (Å²) in [5.41, 5.74) is -0.167. The Morgan fingerprint density at radius 3 is 2.82 bits per heavy atom. The van der Waals surface area contributed by atoms with Crippen LogP contribution in [-0.2, 0) is 26.5 Å². The zero-order chi connectivity index (χ0) is 15.8. The van der Waals surface area contributed by atoms with Gasteiger partial charge in [0.25, 0.3) is 15.2 Å². The highest BCUT2D eigenvalue weighted by atomic mass is 32.2. The van der Waals surface area contributed by atoms with Crippen LogP contribution in [0.2, 0.25) is 0 Å². The van der Waals surface area contributed by atoms with Crippen molar-refractivity contribution < 1.29 is 17.9 Å². The highest BCUT2D eigenvalue weighted by molar-refractivity contribution is 7.89.